The first-order valence-corrected chi connectivity index (χ1v) is 8.57. The largest absolute Gasteiger partial charge is 0.496 e. The second kappa shape index (κ2) is 7.00. The molecule has 1 atom stereocenters. The molecule has 0 aromatic heterocycles. The Morgan fingerprint density at radius 2 is 1.62 bits per heavy atom. The number of anilines is 1. The van der Waals surface area contributed by atoms with Gasteiger partial charge in [0.2, 0.25) is 0 Å². The van der Waals surface area contributed by atoms with Crippen molar-refractivity contribution in [2.45, 2.75) is 12.5 Å². The summed E-state index contributed by atoms with van der Waals surface area (Å²) in [6.45, 7) is 0. The third-order valence-corrected chi connectivity index (χ3v) is 4.60. The Hall–Kier alpha value is -3.14. The van der Waals surface area contributed by atoms with Crippen LogP contribution in [0.4, 0.5) is 10.1 Å². The summed E-state index contributed by atoms with van der Waals surface area (Å²) < 4.78 is 18.9. The smallest absolute Gasteiger partial charge is 0.127 e. The minimum atomic E-state index is -0.252. The molecule has 4 rings (SSSR count). The fraction of sp³-hybridized carbons (Fsp3) is 0.136. The predicted octanol–water partition coefficient (Wildman–Crippen LogP) is 5.19. The lowest BCUT2D eigenvalue weighted by Crippen LogP contribution is -2.18. The fourth-order valence-electron chi connectivity index (χ4n) is 3.32. The first-order valence-electron chi connectivity index (χ1n) is 8.57. The molecule has 0 N–H and O–H groups in total. The van der Waals surface area contributed by atoms with Crippen LogP contribution in [0.1, 0.15) is 23.6 Å². The van der Waals surface area contributed by atoms with Gasteiger partial charge < -0.3 is 4.74 Å². The molecule has 1 aliphatic heterocycles. The van der Waals surface area contributed by atoms with E-state index >= 15 is 0 Å². The fourth-order valence-corrected chi connectivity index (χ4v) is 3.32. The Morgan fingerprint density at radius 1 is 0.923 bits per heavy atom. The molecule has 4 heteroatoms. The summed E-state index contributed by atoms with van der Waals surface area (Å²) in [5.41, 5.74) is 3.98. The SMILES string of the molecule is COc1ccccc1C1=NN(c2ccc(F)cc2)C(c2ccccc2)C1. The van der Waals surface area contributed by atoms with Crippen molar-refractivity contribution in [1.29, 1.82) is 0 Å². The van der Waals surface area contributed by atoms with Crippen LogP contribution in [0.2, 0.25) is 0 Å². The van der Waals surface area contributed by atoms with Gasteiger partial charge in [-0.25, -0.2) is 4.39 Å². The lowest BCUT2D eigenvalue weighted by atomic mass is 9.98. The van der Waals surface area contributed by atoms with Crippen molar-refractivity contribution < 1.29 is 9.13 Å². The van der Waals surface area contributed by atoms with Gasteiger partial charge >= 0.3 is 0 Å². The molecular weight excluding hydrogens is 327 g/mol. The van der Waals surface area contributed by atoms with Crippen molar-refractivity contribution in [2.24, 2.45) is 5.10 Å². The number of hydrogen-bond acceptors (Lipinski definition) is 3. The van der Waals surface area contributed by atoms with Gasteiger partial charge in [0.25, 0.3) is 0 Å². The van der Waals surface area contributed by atoms with Crippen molar-refractivity contribution >= 4 is 11.4 Å². The summed E-state index contributed by atoms with van der Waals surface area (Å²) in [7, 11) is 1.67. The zero-order chi connectivity index (χ0) is 17.9. The first-order chi connectivity index (χ1) is 12.8. The monoisotopic (exact) mass is 346 g/mol. The van der Waals surface area contributed by atoms with Gasteiger partial charge in [0.15, 0.2) is 0 Å². The van der Waals surface area contributed by atoms with Crippen molar-refractivity contribution in [3.8, 4) is 5.75 Å². The molecule has 0 bridgehead atoms. The van der Waals surface area contributed by atoms with E-state index in [1.807, 2.05) is 47.5 Å². The minimum Gasteiger partial charge on any atom is -0.496 e. The molecule has 1 heterocycles. The molecule has 0 amide bonds. The Bertz CT molecular complexity index is 922. The highest BCUT2D eigenvalue weighted by Crippen LogP contribution is 2.38. The number of benzene rings is 3. The molecule has 0 saturated carbocycles. The van der Waals surface area contributed by atoms with Gasteiger partial charge in [-0.3, -0.25) is 5.01 Å². The van der Waals surface area contributed by atoms with E-state index in [-0.39, 0.29) is 11.9 Å². The number of hydrogen-bond donors (Lipinski definition) is 0. The quantitative estimate of drug-likeness (QED) is 0.649. The molecule has 1 unspecified atom stereocenters. The second-order valence-corrected chi connectivity index (χ2v) is 6.20. The average Bonchev–Trinajstić information content (AvgIpc) is 3.14. The molecule has 3 aromatic rings. The number of methoxy groups -OCH3 is 1. The summed E-state index contributed by atoms with van der Waals surface area (Å²) in [4.78, 5) is 0. The molecule has 26 heavy (non-hydrogen) atoms. The number of ether oxygens (including phenoxy) is 1. The van der Waals surface area contributed by atoms with Crippen LogP contribution in [-0.4, -0.2) is 12.8 Å². The Kier molecular flexibility index (Phi) is 4.40. The molecule has 0 saturated heterocycles. The summed E-state index contributed by atoms with van der Waals surface area (Å²) in [5, 5.41) is 6.84. The van der Waals surface area contributed by atoms with E-state index in [9.17, 15) is 4.39 Å². The van der Waals surface area contributed by atoms with Gasteiger partial charge in [-0.15, -0.1) is 0 Å². The summed E-state index contributed by atoms with van der Waals surface area (Å²) >= 11 is 0. The van der Waals surface area contributed by atoms with Crippen LogP contribution >= 0.6 is 0 Å². The molecule has 3 nitrogen and oxygen atoms in total. The van der Waals surface area contributed by atoms with E-state index in [2.05, 4.69) is 12.1 Å². The van der Waals surface area contributed by atoms with Crippen molar-refractivity contribution in [2.75, 3.05) is 12.1 Å². The van der Waals surface area contributed by atoms with Gasteiger partial charge in [-0.2, -0.15) is 5.10 Å². The maximum absolute atomic E-state index is 13.4. The normalized spacial score (nSPS) is 16.5. The van der Waals surface area contributed by atoms with Crippen LogP contribution in [0.3, 0.4) is 0 Å². The number of rotatable bonds is 4. The topological polar surface area (TPSA) is 24.8 Å². The highest BCUT2D eigenvalue weighted by Gasteiger charge is 2.30. The van der Waals surface area contributed by atoms with E-state index in [1.165, 1.54) is 17.7 Å². The Morgan fingerprint density at radius 3 is 2.35 bits per heavy atom. The Labute approximate surface area is 152 Å². The maximum Gasteiger partial charge on any atom is 0.127 e. The van der Waals surface area contributed by atoms with Gasteiger partial charge in [0.1, 0.15) is 11.6 Å². The summed E-state index contributed by atoms with van der Waals surface area (Å²) in [6, 6.07) is 24.7. The van der Waals surface area contributed by atoms with E-state index in [0.717, 1.165) is 29.1 Å². The number of hydrazone groups is 1. The lowest BCUT2D eigenvalue weighted by Gasteiger charge is -2.24. The zero-order valence-electron chi connectivity index (χ0n) is 14.5. The van der Waals surface area contributed by atoms with E-state index in [0.29, 0.717) is 0 Å². The standard InChI is InChI=1S/C22H19FN2O/c1-26-22-10-6-5-9-19(22)20-15-21(16-7-3-2-4-8-16)25(24-20)18-13-11-17(23)12-14-18/h2-14,21H,15H2,1H3. The number of nitrogens with zero attached hydrogens (tertiary/aromatic N) is 2. The van der Waals surface area contributed by atoms with Crippen molar-refractivity contribution in [3.05, 3.63) is 95.8 Å². The van der Waals surface area contributed by atoms with Crippen LogP contribution < -0.4 is 9.75 Å². The van der Waals surface area contributed by atoms with Crippen LogP contribution in [0.5, 0.6) is 5.75 Å². The summed E-state index contributed by atoms with van der Waals surface area (Å²) in [6.07, 6.45) is 0.752. The second-order valence-electron chi connectivity index (χ2n) is 6.20. The molecular formula is C22H19FN2O. The molecule has 0 radical (unpaired) electrons. The third-order valence-electron chi connectivity index (χ3n) is 4.60. The number of halogens is 1. The van der Waals surface area contributed by atoms with Crippen LogP contribution in [0.25, 0.3) is 0 Å². The van der Waals surface area contributed by atoms with Crippen LogP contribution in [-0.2, 0) is 0 Å². The van der Waals surface area contributed by atoms with E-state index < -0.39 is 0 Å². The molecule has 0 spiro atoms. The van der Waals surface area contributed by atoms with Crippen molar-refractivity contribution in [3.63, 3.8) is 0 Å². The lowest BCUT2D eigenvalue weighted by molar-refractivity contribution is 0.414. The predicted molar refractivity (Wildman–Crippen MR) is 102 cm³/mol. The minimum absolute atomic E-state index is 0.0570. The van der Waals surface area contributed by atoms with Crippen LogP contribution in [0.15, 0.2) is 84.0 Å². The van der Waals surface area contributed by atoms with Gasteiger partial charge in [0.05, 0.1) is 24.6 Å². The van der Waals surface area contributed by atoms with Crippen LogP contribution in [0, 0.1) is 5.82 Å². The molecule has 0 fully saturated rings. The molecule has 3 aromatic carbocycles. The zero-order valence-corrected chi connectivity index (χ0v) is 14.5. The van der Waals surface area contributed by atoms with Gasteiger partial charge in [-0.05, 0) is 42.0 Å². The highest BCUT2D eigenvalue weighted by atomic mass is 19.1. The number of para-hydroxylation sites is 1. The van der Waals surface area contributed by atoms with E-state index in [4.69, 9.17) is 9.84 Å². The average molecular weight is 346 g/mol. The summed E-state index contributed by atoms with van der Waals surface area (Å²) in [5.74, 6) is 0.553. The maximum atomic E-state index is 13.4. The van der Waals surface area contributed by atoms with Crippen molar-refractivity contribution in [1.82, 2.24) is 0 Å². The van der Waals surface area contributed by atoms with Gasteiger partial charge in [0, 0.05) is 12.0 Å². The first kappa shape index (κ1) is 16.3. The van der Waals surface area contributed by atoms with Gasteiger partial charge in [-0.1, -0.05) is 42.5 Å². The molecule has 130 valence electrons. The third kappa shape index (κ3) is 3.06. The highest BCUT2D eigenvalue weighted by molar-refractivity contribution is 6.05. The Balaban J connectivity index is 1.77. The molecule has 0 aliphatic carbocycles. The van der Waals surface area contributed by atoms with E-state index in [1.54, 1.807) is 19.2 Å². The molecule has 1 aliphatic rings.